The van der Waals surface area contributed by atoms with E-state index in [0.29, 0.717) is 6.61 Å². The number of hydrogen-bond donors (Lipinski definition) is 0. The van der Waals surface area contributed by atoms with Crippen molar-refractivity contribution in [3.8, 4) is 17.6 Å². The van der Waals surface area contributed by atoms with Gasteiger partial charge in [-0.15, -0.1) is 12.4 Å². The summed E-state index contributed by atoms with van der Waals surface area (Å²) in [5.41, 5.74) is 5.14. The molecule has 0 N–H and O–H groups in total. The SMILES string of the molecule is Cc1cccc(COc2cccc(CN(C)CC=CC#CC(C)(C)C)c2)c1C.Cl. The highest BCUT2D eigenvalue weighted by Crippen LogP contribution is 2.19. The summed E-state index contributed by atoms with van der Waals surface area (Å²) < 4.78 is 6.04. The Bertz CT molecular complexity index is 868. The van der Waals surface area contributed by atoms with Gasteiger partial charge in [0.05, 0.1) is 0 Å². The number of ether oxygens (including phenoxy) is 1. The van der Waals surface area contributed by atoms with Gasteiger partial charge in [-0.2, -0.15) is 0 Å². The number of nitrogens with zero attached hydrogens (tertiary/aromatic N) is 1. The third-order valence-corrected chi connectivity index (χ3v) is 4.53. The van der Waals surface area contributed by atoms with Gasteiger partial charge >= 0.3 is 0 Å². The second-order valence-electron chi connectivity index (χ2n) is 8.41. The van der Waals surface area contributed by atoms with Crippen molar-refractivity contribution in [2.75, 3.05) is 13.6 Å². The highest BCUT2D eigenvalue weighted by molar-refractivity contribution is 5.85. The molecule has 29 heavy (non-hydrogen) atoms. The Balaban J connectivity index is 0.00000420. The molecule has 0 aliphatic rings. The van der Waals surface area contributed by atoms with Crippen molar-refractivity contribution in [1.82, 2.24) is 4.90 Å². The van der Waals surface area contributed by atoms with Crippen LogP contribution in [0.1, 0.15) is 43.0 Å². The third kappa shape index (κ3) is 9.22. The fourth-order valence-corrected chi connectivity index (χ4v) is 2.79. The molecule has 0 aromatic heterocycles. The summed E-state index contributed by atoms with van der Waals surface area (Å²) in [5, 5.41) is 0. The van der Waals surface area contributed by atoms with Crippen LogP contribution >= 0.6 is 12.4 Å². The van der Waals surface area contributed by atoms with Gasteiger partial charge in [0.15, 0.2) is 0 Å². The first-order chi connectivity index (χ1) is 13.2. The summed E-state index contributed by atoms with van der Waals surface area (Å²) >= 11 is 0. The van der Waals surface area contributed by atoms with Gasteiger partial charge in [0.2, 0.25) is 0 Å². The molecule has 2 aromatic carbocycles. The molecule has 2 aromatic rings. The number of halogens is 1. The Morgan fingerprint density at radius 3 is 2.52 bits per heavy atom. The molecule has 3 heteroatoms. The van der Waals surface area contributed by atoms with E-state index in [0.717, 1.165) is 18.8 Å². The topological polar surface area (TPSA) is 12.5 Å². The molecule has 0 aliphatic carbocycles. The number of allylic oxidation sites excluding steroid dienone is 1. The first kappa shape index (κ1) is 24.8. The van der Waals surface area contributed by atoms with Crippen LogP contribution in [0.5, 0.6) is 5.75 Å². The molecule has 0 bridgehead atoms. The second kappa shape index (κ2) is 11.7. The molecule has 0 spiro atoms. The Kier molecular flexibility index (Phi) is 10.0. The summed E-state index contributed by atoms with van der Waals surface area (Å²) in [7, 11) is 2.12. The number of aryl methyl sites for hydroxylation is 1. The van der Waals surface area contributed by atoms with Gasteiger partial charge in [-0.25, -0.2) is 0 Å². The van der Waals surface area contributed by atoms with Crippen molar-refractivity contribution in [3.63, 3.8) is 0 Å². The van der Waals surface area contributed by atoms with Crippen molar-refractivity contribution in [3.05, 3.63) is 76.9 Å². The van der Waals surface area contributed by atoms with Gasteiger partial charge in [-0.05, 0) is 82.1 Å². The number of benzene rings is 2. The minimum atomic E-state index is 0. The summed E-state index contributed by atoms with van der Waals surface area (Å²) in [6, 6.07) is 14.7. The van der Waals surface area contributed by atoms with Gasteiger partial charge in [-0.1, -0.05) is 48.2 Å². The molecular formula is C26H34ClNO. The minimum absolute atomic E-state index is 0. The molecule has 2 nitrogen and oxygen atoms in total. The van der Waals surface area contributed by atoms with Crippen LogP contribution in [0.4, 0.5) is 0 Å². The Morgan fingerprint density at radius 2 is 1.79 bits per heavy atom. The average Bonchev–Trinajstić information content (AvgIpc) is 2.62. The molecule has 0 unspecified atom stereocenters. The van der Waals surface area contributed by atoms with E-state index < -0.39 is 0 Å². The lowest BCUT2D eigenvalue weighted by molar-refractivity contribution is 0.303. The second-order valence-corrected chi connectivity index (χ2v) is 8.41. The Hall–Kier alpha value is -2.21. The number of likely N-dealkylation sites (N-methyl/N-ethyl adjacent to an activating group) is 1. The molecule has 0 heterocycles. The number of rotatable bonds is 7. The predicted octanol–water partition coefficient (Wildman–Crippen LogP) is 6.34. The molecule has 0 amide bonds. The first-order valence-electron chi connectivity index (χ1n) is 9.88. The number of hydrogen-bond acceptors (Lipinski definition) is 2. The van der Waals surface area contributed by atoms with Crippen LogP contribution in [0.3, 0.4) is 0 Å². The molecule has 0 fully saturated rings. The van der Waals surface area contributed by atoms with E-state index in [1.54, 1.807) is 0 Å². The summed E-state index contributed by atoms with van der Waals surface area (Å²) in [4.78, 5) is 2.26. The predicted molar refractivity (Wildman–Crippen MR) is 127 cm³/mol. The van der Waals surface area contributed by atoms with E-state index in [1.807, 2.05) is 12.1 Å². The maximum atomic E-state index is 6.04. The molecule has 156 valence electrons. The van der Waals surface area contributed by atoms with Gasteiger partial charge in [-0.3, -0.25) is 4.90 Å². The van der Waals surface area contributed by atoms with Crippen LogP contribution in [0.25, 0.3) is 0 Å². The van der Waals surface area contributed by atoms with Gasteiger partial charge in [0.25, 0.3) is 0 Å². The van der Waals surface area contributed by atoms with Crippen molar-refractivity contribution >= 4 is 12.4 Å². The highest BCUT2D eigenvalue weighted by Gasteiger charge is 2.04. The van der Waals surface area contributed by atoms with E-state index in [9.17, 15) is 0 Å². The molecule has 2 rings (SSSR count). The average molecular weight is 412 g/mol. The zero-order valence-electron chi connectivity index (χ0n) is 18.6. The molecule has 0 atom stereocenters. The highest BCUT2D eigenvalue weighted by atomic mass is 35.5. The van der Waals surface area contributed by atoms with E-state index in [1.165, 1.54) is 22.3 Å². The van der Waals surface area contributed by atoms with Crippen molar-refractivity contribution in [2.24, 2.45) is 5.41 Å². The lowest BCUT2D eigenvalue weighted by Gasteiger charge is -2.15. The Morgan fingerprint density at radius 1 is 1.07 bits per heavy atom. The van der Waals surface area contributed by atoms with E-state index in [4.69, 9.17) is 4.74 Å². The Labute approximate surface area is 183 Å². The van der Waals surface area contributed by atoms with Gasteiger partial charge in [0.1, 0.15) is 12.4 Å². The van der Waals surface area contributed by atoms with Crippen molar-refractivity contribution in [2.45, 2.75) is 47.8 Å². The monoisotopic (exact) mass is 411 g/mol. The fourth-order valence-electron chi connectivity index (χ4n) is 2.79. The summed E-state index contributed by atoms with van der Waals surface area (Å²) in [6.45, 7) is 13.0. The third-order valence-electron chi connectivity index (χ3n) is 4.53. The summed E-state index contributed by atoms with van der Waals surface area (Å²) in [6.07, 6.45) is 4.06. The lowest BCUT2D eigenvalue weighted by Crippen LogP contribution is -2.17. The lowest BCUT2D eigenvalue weighted by atomic mass is 9.98. The van der Waals surface area contributed by atoms with Crippen LogP contribution in [-0.2, 0) is 13.2 Å². The van der Waals surface area contributed by atoms with Crippen LogP contribution in [0, 0.1) is 31.1 Å². The maximum absolute atomic E-state index is 6.04. The first-order valence-corrected chi connectivity index (χ1v) is 9.88. The molecular weight excluding hydrogens is 378 g/mol. The largest absolute Gasteiger partial charge is 0.489 e. The van der Waals surface area contributed by atoms with E-state index in [2.05, 4.69) is 101 Å². The van der Waals surface area contributed by atoms with E-state index >= 15 is 0 Å². The molecule has 0 saturated carbocycles. The van der Waals surface area contributed by atoms with Crippen LogP contribution in [-0.4, -0.2) is 18.5 Å². The van der Waals surface area contributed by atoms with Crippen LogP contribution in [0.15, 0.2) is 54.6 Å². The zero-order valence-corrected chi connectivity index (χ0v) is 19.4. The maximum Gasteiger partial charge on any atom is 0.120 e. The molecule has 0 aliphatic heterocycles. The van der Waals surface area contributed by atoms with Gasteiger partial charge < -0.3 is 4.74 Å². The standard InChI is InChI=1S/C26H33NO.ClH/c1-21-12-10-14-24(22(21)2)20-28-25-15-11-13-23(18-25)19-27(6)17-9-7-8-16-26(3,4)5;/h7,9-15,18H,17,19-20H2,1-6H3;1H. The van der Waals surface area contributed by atoms with Crippen LogP contribution in [0.2, 0.25) is 0 Å². The minimum Gasteiger partial charge on any atom is -0.489 e. The zero-order chi connectivity index (χ0) is 20.6. The smallest absolute Gasteiger partial charge is 0.120 e. The van der Waals surface area contributed by atoms with Crippen molar-refractivity contribution < 1.29 is 4.74 Å². The summed E-state index contributed by atoms with van der Waals surface area (Å²) in [5.74, 6) is 7.25. The van der Waals surface area contributed by atoms with Gasteiger partial charge in [0, 0.05) is 18.5 Å². The van der Waals surface area contributed by atoms with Crippen molar-refractivity contribution in [1.29, 1.82) is 0 Å². The van der Waals surface area contributed by atoms with Crippen LogP contribution < -0.4 is 4.74 Å². The quantitative estimate of drug-likeness (QED) is 0.492. The van der Waals surface area contributed by atoms with E-state index in [-0.39, 0.29) is 17.8 Å². The molecule has 0 saturated heterocycles. The normalized spacial score (nSPS) is 11.1. The fraction of sp³-hybridized carbons (Fsp3) is 0.385. The molecule has 0 radical (unpaired) electrons.